The molecular formula is C41H32Cl2N7O11Ru. The summed E-state index contributed by atoms with van der Waals surface area (Å²) in [5.41, 5.74) is 6.80. The van der Waals surface area contributed by atoms with Crippen LogP contribution in [0.4, 0.5) is 0 Å². The molecule has 1 aromatic carbocycles. The molecule has 0 aliphatic heterocycles. The van der Waals surface area contributed by atoms with Gasteiger partial charge in [0.2, 0.25) is 0 Å². The largest absolute Gasteiger partial charge is 3.00 e. The van der Waals surface area contributed by atoms with Crippen LogP contribution in [-0.2, 0) is 26.0 Å². The summed E-state index contributed by atoms with van der Waals surface area (Å²) < 4.78 is 67.9. The van der Waals surface area contributed by atoms with Gasteiger partial charge in [0.1, 0.15) is 0 Å². The molecule has 0 bridgehead atoms. The molecule has 1 amide bonds. The minimum Gasteiger partial charge on any atom is -0.545 e. The summed E-state index contributed by atoms with van der Waals surface area (Å²) in [6.45, 7) is 4.09. The topological polar surface area (TPSA) is 331 Å². The van der Waals surface area contributed by atoms with Crippen molar-refractivity contribution in [1.29, 1.82) is 0 Å². The minimum atomic E-state index is -4.94. The molecule has 0 saturated carbocycles. The molecule has 7 aromatic rings. The van der Waals surface area contributed by atoms with Crippen LogP contribution in [0.3, 0.4) is 0 Å². The molecule has 0 atom stereocenters. The van der Waals surface area contributed by atoms with Gasteiger partial charge in [-0.3, -0.25) is 34.7 Å². The van der Waals surface area contributed by atoms with Gasteiger partial charge in [-0.05, 0) is 83.9 Å². The van der Waals surface area contributed by atoms with Crippen LogP contribution >= 0.6 is 0 Å². The summed E-state index contributed by atoms with van der Waals surface area (Å²) in [7, 11) is -9.89. The van der Waals surface area contributed by atoms with E-state index in [1.165, 1.54) is 24.5 Å². The van der Waals surface area contributed by atoms with E-state index >= 15 is 0 Å². The summed E-state index contributed by atoms with van der Waals surface area (Å²) in [6.07, 6.45) is 11.7. The van der Waals surface area contributed by atoms with Gasteiger partial charge in [0.25, 0.3) is 5.91 Å². The Bertz CT molecular complexity index is 2210. The van der Waals surface area contributed by atoms with Gasteiger partial charge in [-0.1, -0.05) is 61.2 Å². The first-order valence-electron chi connectivity index (χ1n) is 17.0. The van der Waals surface area contributed by atoms with E-state index in [2.05, 4.69) is 41.8 Å². The molecule has 6 aromatic heterocycles. The van der Waals surface area contributed by atoms with Crippen molar-refractivity contribution in [3.8, 4) is 34.2 Å². The maximum atomic E-state index is 12.4. The number of halogens is 2. The summed E-state index contributed by atoms with van der Waals surface area (Å²) in [5, 5.41) is 13.8. The molecule has 0 aliphatic rings. The van der Waals surface area contributed by atoms with Gasteiger partial charge in [-0.2, -0.15) is 0 Å². The zero-order chi connectivity index (χ0) is 44.7. The number of pyridine rings is 6. The van der Waals surface area contributed by atoms with Crippen molar-refractivity contribution in [3.63, 3.8) is 0 Å². The van der Waals surface area contributed by atoms with Crippen molar-refractivity contribution in [3.05, 3.63) is 187 Å². The van der Waals surface area contributed by atoms with Gasteiger partial charge < -0.3 is 15.2 Å². The second-order valence-corrected chi connectivity index (χ2v) is 12.9. The number of nitrogens with zero attached hydrogens (tertiary/aromatic N) is 6. The number of nitrogens with one attached hydrogen (secondary N) is 1. The average molecular weight is 971 g/mol. The Morgan fingerprint density at radius 3 is 1.16 bits per heavy atom. The van der Waals surface area contributed by atoms with E-state index in [0.717, 1.165) is 33.9 Å². The molecule has 0 aliphatic carbocycles. The molecule has 319 valence electrons. The Labute approximate surface area is 371 Å². The third kappa shape index (κ3) is 21.8. The number of carbonyl (C=O) groups excluding carboxylic acids is 2. The molecule has 7 rings (SSSR count). The van der Waals surface area contributed by atoms with Gasteiger partial charge in [0.05, 0.1) is 40.1 Å². The monoisotopic (exact) mass is 970 g/mol. The van der Waals surface area contributed by atoms with Crippen molar-refractivity contribution in [2.45, 2.75) is 6.54 Å². The van der Waals surface area contributed by atoms with Gasteiger partial charge in [0.15, 0.2) is 0 Å². The number of carboxylic acids is 1. The van der Waals surface area contributed by atoms with Crippen LogP contribution in [0.1, 0.15) is 31.8 Å². The molecule has 18 nitrogen and oxygen atoms in total. The maximum Gasteiger partial charge on any atom is 3.00 e. The SMILES string of the molecule is C=Cc1ccc(CNC(=O)c2ccnc(-c3cc(C(=O)[O-])ccn3)c2)cc1.[O-][Cl+3]([O-])([O-])[O-].[O-][Cl+3]([O-])([O-])[O-].[Ru+3].c1ccc(-c2ccccn2)nc1.c1ccc(-c2ccccn2)nc1. The minimum absolute atomic E-state index is 0. The van der Waals surface area contributed by atoms with Gasteiger partial charge in [-0.15, -0.1) is 20.5 Å². The molecule has 21 heteroatoms. The van der Waals surface area contributed by atoms with Crippen LogP contribution in [0.25, 0.3) is 40.2 Å². The number of hydrogen-bond donors (Lipinski definition) is 1. The number of benzene rings is 1. The number of rotatable bonds is 8. The van der Waals surface area contributed by atoms with Gasteiger partial charge in [0, 0.05) is 54.9 Å². The van der Waals surface area contributed by atoms with E-state index in [-0.39, 0.29) is 30.9 Å². The first kappa shape index (κ1) is 51.8. The summed E-state index contributed by atoms with van der Waals surface area (Å²) in [5.74, 6) is -1.56. The van der Waals surface area contributed by atoms with Crippen LogP contribution in [0.15, 0.2) is 165 Å². The fourth-order valence-corrected chi connectivity index (χ4v) is 4.52. The number of hydrogen-bond acceptors (Lipinski definition) is 17. The Kier molecular flexibility index (Phi) is 22.4. The van der Waals surface area contributed by atoms with Crippen LogP contribution in [-0.4, -0.2) is 41.8 Å². The number of aromatic nitrogens is 6. The van der Waals surface area contributed by atoms with E-state index in [1.807, 2.05) is 97.1 Å². The Hall–Kier alpha value is -6.32. The Morgan fingerprint density at radius 1 is 0.500 bits per heavy atom. The maximum absolute atomic E-state index is 12.4. The zero-order valence-corrected chi connectivity index (χ0v) is 35.0. The Balaban J connectivity index is 0.000000313. The molecular weight excluding hydrogens is 938 g/mol. The van der Waals surface area contributed by atoms with Crippen molar-refractivity contribution in [2.24, 2.45) is 0 Å². The third-order valence-electron chi connectivity index (χ3n) is 7.13. The number of amides is 1. The standard InChI is InChI=1S/C21H17N3O3.2C10H8N2.2ClHO4.Ru/c1-2-14-3-5-15(6-4-14)13-24-20(25)16-7-9-22-18(11-16)19-12-17(21(26)27)8-10-23-19;2*1-3-7-11-9(5-1)10-6-2-4-8-12-10;2*2-1(3,4)5;/h2-12H,1,13H2,(H,24,25)(H,26,27);2*1-8H;2*(H,2,3,4,5);/q;;;;;+3/p-3. The molecule has 0 unspecified atom stereocenters. The first-order valence-corrected chi connectivity index (χ1v) is 19.5. The second kappa shape index (κ2) is 26.8. The molecule has 62 heavy (non-hydrogen) atoms. The first-order chi connectivity index (χ1) is 29.0. The van der Waals surface area contributed by atoms with E-state index in [1.54, 1.807) is 43.0 Å². The molecule has 0 saturated heterocycles. The quantitative estimate of drug-likeness (QED) is 0.147. The van der Waals surface area contributed by atoms with Crippen molar-refractivity contribution < 1.29 is 91.9 Å². The number of carboxylic acid groups (broad SMARTS) is 1. The normalized spacial score (nSPS) is 10.1. The van der Waals surface area contributed by atoms with Crippen LogP contribution in [0, 0.1) is 20.5 Å². The fourth-order valence-electron chi connectivity index (χ4n) is 4.52. The fraction of sp³-hybridized carbons (Fsp3) is 0.0244. The molecule has 1 N–H and O–H groups in total. The summed E-state index contributed by atoms with van der Waals surface area (Å²) in [6, 6.07) is 36.7. The molecule has 1 radical (unpaired) electrons. The van der Waals surface area contributed by atoms with Crippen molar-refractivity contribution in [1.82, 2.24) is 35.2 Å². The van der Waals surface area contributed by atoms with E-state index in [0.29, 0.717) is 23.5 Å². The molecule has 6 heterocycles. The van der Waals surface area contributed by atoms with Gasteiger partial charge >= 0.3 is 19.5 Å². The van der Waals surface area contributed by atoms with E-state index in [9.17, 15) is 14.7 Å². The predicted octanol–water partition coefficient (Wildman–Crippen LogP) is -3.15. The number of aromatic carboxylic acids is 1. The molecule has 0 spiro atoms. The van der Waals surface area contributed by atoms with Crippen LogP contribution in [0.2, 0.25) is 0 Å². The Morgan fingerprint density at radius 2 is 0.839 bits per heavy atom. The smallest absolute Gasteiger partial charge is 0.545 e. The van der Waals surface area contributed by atoms with Crippen LogP contribution in [0.5, 0.6) is 0 Å². The summed E-state index contributed by atoms with van der Waals surface area (Å²) in [4.78, 5) is 48.4. The van der Waals surface area contributed by atoms with Crippen molar-refractivity contribution >= 4 is 18.0 Å². The number of carbonyl (C=O) groups is 2. The molecule has 0 fully saturated rings. The third-order valence-corrected chi connectivity index (χ3v) is 7.13. The summed E-state index contributed by atoms with van der Waals surface area (Å²) >= 11 is 0. The van der Waals surface area contributed by atoms with E-state index in [4.69, 9.17) is 37.3 Å². The van der Waals surface area contributed by atoms with Crippen molar-refractivity contribution in [2.75, 3.05) is 0 Å². The van der Waals surface area contributed by atoms with Gasteiger partial charge in [-0.25, -0.2) is 37.3 Å². The zero-order valence-electron chi connectivity index (χ0n) is 31.8. The second-order valence-electron chi connectivity index (χ2n) is 11.4. The van der Waals surface area contributed by atoms with E-state index < -0.39 is 26.5 Å². The average Bonchev–Trinajstić information content (AvgIpc) is 3.26. The van der Waals surface area contributed by atoms with Crippen LogP contribution < -0.4 is 47.7 Å². The predicted molar refractivity (Wildman–Crippen MR) is 194 cm³/mol.